The van der Waals surface area contributed by atoms with Gasteiger partial charge in [-0.15, -0.1) is 21.5 Å². The molecule has 1 aliphatic carbocycles. The number of aryl methyl sites for hydroxylation is 3. The minimum absolute atomic E-state index is 0.0180. The molecule has 5 aromatic rings. The van der Waals surface area contributed by atoms with Crippen molar-refractivity contribution >= 4 is 37.2 Å². The van der Waals surface area contributed by atoms with Crippen LogP contribution in [-0.2, 0) is 27.4 Å². The molecular weight excluding hydrogens is 623 g/mol. The molecule has 2 aliphatic heterocycles. The van der Waals surface area contributed by atoms with E-state index < -0.39 is 9.84 Å². The molecule has 13 heteroatoms. The van der Waals surface area contributed by atoms with Gasteiger partial charge in [0.2, 0.25) is 11.8 Å². The molecule has 0 amide bonds. The van der Waals surface area contributed by atoms with Gasteiger partial charge in [-0.3, -0.25) is 9.97 Å². The van der Waals surface area contributed by atoms with Crippen LogP contribution in [0.4, 0.5) is 5.82 Å². The van der Waals surface area contributed by atoms with Crippen LogP contribution in [0.15, 0.2) is 40.0 Å². The summed E-state index contributed by atoms with van der Waals surface area (Å²) in [7, 11) is -3.68. The smallest absolute Gasteiger partial charge is 0.250 e. The zero-order chi connectivity index (χ0) is 31.6. The lowest BCUT2D eigenvalue weighted by Crippen LogP contribution is -2.12. The molecule has 46 heavy (non-hydrogen) atoms. The summed E-state index contributed by atoms with van der Waals surface area (Å²) in [4.78, 5) is 20.0. The first-order chi connectivity index (χ1) is 22.3. The number of anilines is 1. The van der Waals surface area contributed by atoms with E-state index >= 15 is 0 Å². The standard InChI is InChI=1S/C33H35N7O4S2/c1-17(2)21-15-46(41,42)31-28(27(33-40-39-18(3)44-33)24(37-29(21)31)9-8-19-6-5-13-43-19)26-14-25-30(45-26)32(36-16-35-25)38-23-11-10-22-20(23)7-4-12-34-22/h4,7,12,14,16-17,19,21,23H,5-6,8-11,13,15H2,1-3H3,(H,35,36,38)/t19?,21-,23-/m0/s1. The number of pyridine rings is 2. The van der Waals surface area contributed by atoms with Crippen LogP contribution in [-0.4, -0.2) is 57.0 Å². The molecule has 1 saturated heterocycles. The van der Waals surface area contributed by atoms with E-state index in [4.69, 9.17) is 14.1 Å². The van der Waals surface area contributed by atoms with Gasteiger partial charge in [0.25, 0.3) is 0 Å². The second-order valence-corrected chi connectivity index (χ2v) is 15.8. The van der Waals surface area contributed by atoms with Crippen molar-refractivity contribution in [3.63, 3.8) is 0 Å². The van der Waals surface area contributed by atoms with Crippen molar-refractivity contribution in [1.82, 2.24) is 30.1 Å². The van der Waals surface area contributed by atoms with E-state index in [-0.39, 0.29) is 40.5 Å². The molecule has 0 aromatic carbocycles. The van der Waals surface area contributed by atoms with Gasteiger partial charge < -0.3 is 14.5 Å². The van der Waals surface area contributed by atoms with Crippen LogP contribution in [0.2, 0.25) is 0 Å². The van der Waals surface area contributed by atoms with E-state index in [1.165, 1.54) is 16.9 Å². The summed E-state index contributed by atoms with van der Waals surface area (Å²) >= 11 is 1.48. The van der Waals surface area contributed by atoms with Gasteiger partial charge in [-0.05, 0) is 62.1 Å². The summed E-state index contributed by atoms with van der Waals surface area (Å²) in [6, 6.07) is 6.11. The first kappa shape index (κ1) is 29.6. The Kier molecular flexibility index (Phi) is 7.37. The van der Waals surface area contributed by atoms with Crippen molar-refractivity contribution < 1.29 is 17.6 Å². The lowest BCUT2D eigenvalue weighted by atomic mass is 9.90. The SMILES string of the molecule is Cc1nnc(-c2c(CCC3CCCO3)nc3c(c2-c2cc4ncnc(N[C@H]5CCc6ncccc65)c4s2)S(=O)(=O)C[C@H]3C(C)C)o1. The molecule has 3 aliphatic rings. The molecule has 3 atom stereocenters. The van der Waals surface area contributed by atoms with Crippen molar-refractivity contribution in [2.45, 2.75) is 82.3 Å². The molecule has 11 nitrogen and oxygen atoms in total. The number of hydrogen-bond acceptors (Lipinski definition) is 12. The molecule has 1 N–H and O–H groups in total. The van der Waals surface area contributed by atoms with Gasteiger partial charge >= 0.3 is 0 Å². The van der Waals surface area contributed by atoms with Crippen LogP contribution in [0.5, 0.6) is 0 Å². The lowest BCUT2D eigenvalue weighted by Gasteiger charge is -2.19. The Balaban J connectivity index is 1.32. The number of fused-ring (bicyclic) bond motifs is 3. The lowest BCUT2D eigenvalue weighted by molar-refractivity contribution is 0.104. The molecule has 1 fully saturated rings. The first-order valence-corrected chi connectivity index (χ1v) is 18.4. The number of nitrogens with one attached hydrogen (secondary N) is 1. The molecule has 238 valence electrons. The van der Waals surface area contributed by atoms with Crippen molar-refractivity contribution in [3.8, 4) is 21.9 Å². The average molecular weight is 658 g/mol. The quantitative estimate of drug-likeness (QED) is 0.202. The number of rotatable bonds is 8. The summed E-state index contributed by atoms with van der Waals surface area (Å²) in [5.41, 5.74) is 5.55. The third-order valence-corrected chi connectivity index (χ3v) is 12.4. The summed E-state index contributed by atoms with van der Waals surface area (Å²) in [6.07, 6.45) is 8.75. The van der Waals surface area contributed by atoms with E-state index in [0.717, 1.165) is 65.2 Å². The topological polar surface area (TPSA) is 146 Å². The summed E-state index contributed by atoms with van der Waals surface area (Å²) in [5, 5.41) is 12.2. The van der Waals surface area contributed by atoms with E-state index in [9.17, 15) is 8.42 Å². The minimum atomic E-state index is -3.68. The zero-order valence-electron chi connectivity index (χ0n) is 26.0. The van der Waals surface area contributed by atoms with E-state index in [1.807, 2.05) is 18.3 Å². The highest BCUT2D eigenvalue weighted by Gasteiger charge is 2.43. The van der Waals surface area contributed by atoms with Gasteiger partial charge in [0.15, 0.2) is 9.84 Å². The Labute approximate surface area is 271 Å². The molecular formula is C33H35N7O4S2. The van der Waals surface area contributed by atoms with Gasteiger partial charge in [-0.1, -0.05) is 19.9 Å². The molecule has 0 bridgehead atoms. The molecule has 7 heterocycles. The fourth-order valence-electron chi connectivity index (χ4n) is 7.13. The molecule has 5 aromatic heterocycles. The summed E-state index contributed by atoms with van der Waals surface area (Å²) in [6.45, 7) is 6.61. The number of aromatic nitrogens is 6. The molecule has 8 rings (SSSR count). The fraction of sp³-hybridized carbons (Fsp3) is 0.455. The van der Waals surface area contributed by atoms with Crippen molar-refractivity contribution in [3.05, 3.63) is 59.3 Å². The second kappa shape index (κ2) is 11.5. The number of thiophene rings is 1. The highest BCUT2D eigenvalue weighted by Crippen LogP contribution is 2.51. The fourth-order valence-corrected chi connectivity index (χ4v) is 10.5. The number of nitrogens with zero attached hydrogens (tertiary/aromatic N) is 6. The third-order valence-electron chi connectivity index (χ3n) is 9.43. The van der Waals surface area contributed by atoms with Crippen LogP contribution in [0.3, 0.4) is 0 Å². The normalized spacial score (nSPS) is 21.7. The first-order valence-electron chi connectivity index (χ1n) is 15.9. The van der Waals surface area contributed by atoms with Crippen molar-refractivity contribution in [1.29, 1.82) is 0 Å². The number of sulfone groups is 1. The van der Waals surface area contributed by atoms with Gasteiger partial charge in [0.1, 0.15) is 12.1 Å². The molecule has 1 unspecified atom stereocenters. The molecule has 0 radical (unpaired) electrons. The second-order valence-electron chi connectivity index (χ2n) is 12.8. The Hall–Kier alpha value is -3.81. The third kappa shape index (κ3) is 5.08. The van der Waals surface area contributed by atoms with Crippen LogP contribution in [0.1, 0.15) is 80.0 Å². The molecule has 0 spiro atoms. The van der Waals surface area contributed by atoms with Crippen LogP contribution < -0.4 is 5.32 Å². The predicted octanol–water partition coefficient (Wildman–Crippen LogP) is 6.24. The van der Waals surface area contributed by atoms with Gasteiger partial charge in [-0.25, -0.2) is 18.4 Å². The number of ether oxygens (including phenoxy) is 1. The Bertz CT molecular complexity index is 2070. The summed E-state index contributed by atoms with van der Waals surface area (Å²) < 4.78 is 41.0. The van der Waals surface area contributed by atoms with Gasteiger partial charge in [0, 0.05) is 41.8 Å². The van der Waals surface area contributed by atoms with Gasteiger partial charge in [0.05, 0.1) is 50.0 Å². The Morgan fingerprint density at radius 1 is 1.13 bits per heavy atom. The minimum Gasteiger partial charge on any atom is -0.421 e. The molecule has 0 saturated carbocycles. The predicted molar refractivity (Wildman–Crippen MR) is 175 cm³/mol. The Morgan fingerprint density at radius 3 is 2.80 bits per heavy atom. The van der Waals surface area contributed by atoms with Crippen molar-refractivity contribution in [2.75, 3.05) is 17.7 Å². The van der Waals surface area contributed by atoms with Crippen LogP contribution >= 0.6 is 11.3 Å². The van der Waals surface area contributed by atoms with Crippen molar-refractivity contribution in [2.24, 2.45) is 5.92 Å². The maximum atomic E-state index is 14.1. The van der Waals surface area contributed by atoms with Gasteiger partial charge in [-0.2, -0.15) is 0 Å². The van der Waals surface area contributed by atoms with Crippen LogP contribution in [0.25, 0.3) is 32.1 Å². The zero-order valence-corrected chi connectivity index (χ0v) is 27.6. The van der Waals surface area contributed by atoms with E-state index in [0.29, 0.717) is 35.0 Å². The largest absolute Gasteiger partial charge is 0.421 e. The Morgan fingerprint density at radius 2 is 2.02 bits per heavy atom. The maximum Gasteiger partial charge on any atom is 0.250 e. The monoisotopic (exact) mass is 657 g/mol. The average Bonchev–Trinajstić information content (AvgIpc) is 3.87. The van der Waals surface area contributed by atoms with Crippen LogP contribution in [0, 0.1) is 12.8 Å². The number of hydrogen-bond donors (Lipinski definition) is 1. The van der Waals surface area contributed by atoms with E-state index in [2.05, 4.69) is 50.4 Å². The van der Waals surface area contributed by atoms with E-state index in [1.54, 1.807) is 13.3 Å². The maximum absolute atomic E-state index is 14.1. The highest BCUT2D eigenvalue weighted by molar-refractivity contribution is 7.92. The highest BCUT2D eigenvalue weighted by atomic mass is 32.2. The summed E-state index contributed by atoms with van der Waals surface area (Å²) in [5.74, 6) is 1.27.